The predicted molar refractivity (Wildman–Crippen MR) is 129 cm³/mol. The van der Waals surface area contributed by atoms with Crippen molar-refractivity contribution in [1.82, 2.24) is 0 Å². The average molecular weight is 576 g/mol. The first-order chi connectivity index (χ1) is 17.7. The Morgan fingerprint density at radius 2 is 1.87 bits per heavy atom. The molecule has 38 heavy (non-hydrogen) atoms. The lowest BCUT2D eigenvalue weighted by Gasteiger charge is -2.36. The van der Waals surface area contributed by atoms with Gasteiger partial charge in [-0.15, -0.1) is 0 Å². The predicted octanol–water partition coefficient (Wildman–Crippen LogP) is 6.37. The Hall–Kier alpha value is -3.38. The van der Waals surface area contributed by atoms with Crippen molar-refractivity contribution in [3.63, 3.8) is 0 Å². The van der Waals surface area contributed by atoms with Crippen molar-refractivity contribution in [3.8, 4) is 16.9 Å². The first kappa shape index (κ1) is 27.6. The number of sulfonamides is 1. The fourth-order valence-corrected chi connectivity index (χ4v) is 5.81. The molecule has 1 N–H and O–H groups in total. The van der Waals surface area contributed by atoms with Crippen LogP contribution in [0.5, 0.6) is 5.75 Å². The van der Waals surface area contributed by atoms with Gasteiger partial charge in [-0.2, -0.15) is 13.2 Å². The van der Waals surface area contributed by atoms with Crippen LogP contribution in [-0.2, 0) is 21.0 Å². The second kappa shape index (κ2) is 10.1. The Bertz CT molecular complexity index is 1510. The highest BCUT2D eigenvalue weighted by molar-refractivity contribution is 7.92. The lowest BCUT2D eigenvalue weighted by molar-refractivity contribution is -0.142. The van der Waals surface area contributed by atoms with Gasteiger partial charge in [-0.3, -0.25) is 9.10 Å². The number of benzene rings is 3. The van der Waals surface area contributed by atoms with Crippen LogP contribution in [0, 0.1) is 17.6 Å². The Balaban J connectivity index is 1.86. The zero-order valence-corrected chi connectivity index (χ0v) is 21.0. The van der Waals surface area contributed by atoms with Crippen LogP contribution in [0.3, 0.4) is 0 Å². The first-order valence-electron chi connectivity index (χ1n) is 11.1. The smallest absolute Gasteiger partial charge is 0.416 e. The molecule has 0 fully saturated rings. The molecular weight excluding hydrogens is 557 g/mol. The largest absolute Gasteiger partial charge is 0.486 e. The fraction of sp³-hybridized carbons (Fsp3) is 0.240. The Morgan fingerprint density at radius 1 is 1.16 bits per heavy atom. The Kier molecular flexibility index (Phi) is 7.32. The van der Waals surface area contributed by atoms with Crippen LogP contribution in [0.1, 0.15) is 18.9 Å². The number of anilines is 1. The summed E-state index contributed by atoms with van der Waals surface area (Å²) in [6.45, 7) is 0.967. The van der Waals surface area contributed by atoms with Crippen molar-refractivity contribution in [2.75, 3.05) is 10.8 Å². The summed E-state index contributed by atoms with van der Waals surface area (Å²) < 4.78 is 102. The number of nitrogens with zero attached hydrogens (tertiary/aromatic N) is 1. The third-order valence-corrected chi connectivity index (χ3v) is 8.14. The third kappa shape index (κ3) is 5.41. The van der Waals surface area contributed by atoms with E-state index in [-0.39, 0.29) is 29.0 Å². The Labute approximate surface area is 219 Å². The maximum atomic E-state index is 14.1. The van der Waals surface area contributed by atoms with Gasteiger partial charge in [0.05, 0.1) is 33.6 Å². The molecule has 1 aliphatic rings. The topological polar surface area (TPSA) is 83.9 Å². The van der Waals surface area contributed by atoms with Crippen molar-refractivity contribution >= 4 is 33.3 Å². The summed E-state index contributed by atoms with van der Waals surface area (Å²) in [5.74, 6) is -4.08. The molecule has 1 heterocycles. The van der Waals surface area contributed by atoms with Gasteiger partial charge >= 0.3 is 12.1 Å². The molecule has 6 nitrogen and oxygen atoms in total. The summed E-state index contributed by atoms with van der Waals surface area (Å²) in [5.41, 5.74) is -1.29. The molecule has 2 atom stereocenters. The van der Waals surface area contributed by atoms with Crippen LogP contribution in [0.2, 0.25) is 5.02 Å². The van der Waals surface area contributed by atoms with E-state index in [1.807, 2.05) is 0 Å². The van der Waals surface area contributed by atoms with Crippen LogP contribution >= 0.6 is 11.6 Å². The lowest BCUT2D eigenvalue weighted by atomic mass is 10.0. The van der Waals surface area contributed by atoms with E-state index >= 15 is 0 Å². The monoisotopic (exact) mass is 575 g/mol. The zero-order valence-electron chi connectivity index (χ0n) is 19.5. The molecule has 13 heteroatoms. The second-order valence-corrected chi connectivity index (χ2v) is 10.9. The van der Waals surface area contributed by atoms with Gasteiger partial charge in [0.15, 0.2) is 0 Å². The molecule has 1 aliphatic heterocycles. The van der Waals surface area contributed by atoms with E-state index in [9.17, 15) is 40.3 Å². The van der Waals surface area contributed by atoms with Crippen LogP contribution < -0.4 is 9.04 Å². The maximum Gasteiger partial charge on any atom is 0.416 e. The van der Waals surface area contributed by atoms with E-state index < -0.39 is 67.9 Å². The molecule has 0 aromatic heterocycles. The maximum absolute atomic E-state index is 14.1. The van der Waals surface area contributed by atoms with E-state index in [0.717, 1.165) is 28.6 Å². The van der Waals surface area contributed by atoms with Crippen molar-refractivity contribution in [2.45, 2.75) is 30.5 Å². The van der Waals surface area contributed by atoms with Crippen LogP contribution in [0.4, 0.5) is 27.6 Å². The molecule has 0 bridgehead atoms. The molecule has 3 aromatic rings. The van der Waals surface area contributed by atoms with Crippen molar-refractivity contribution in [3.05, 3.63) is 76.8 Å². The minimum Gasteiger partial charge on any atom is -0.486 e. The van der Waals surface area contributed by atoms with Gasteiger partial charge < -0.3 is 9.84 Å². The molecule has 0 amide bonds. The van der Waals surface area contributed by atoms with Crippen LogP contribution in [0.15, 0.2) is 59.5 Å². The van der Waals surface area contributed by atoms with E-state index in [1.165, 1.54) is 25.1 Å². The highest BCUT2D eigenvalue weighted by Crippen LogP contribution is 2.43. The summed E-state index contributed by atoms with van der Waals surface area (Å²) >= 11 is 6.01. The highest BCUT2D eigenvalue weighted by Gasteiger charge is 2.38. The number of rotatable bonds is 6. The molecular formula is C25H19ClF5NO5S. The van der Waals surface area contributed by atoms with Crippen molar-refractivity contribution in [2.24, 2.45) is 5.92 Å². The van der Waals surface area contributed by atoms with Crippen molar-refractivity contribution < 1.29 is 45.0 Å². The van der Waals surface area contributed by atoms with E-state index in [2.05, 4.69) is 0 Å². The molecule has 0 spiro atoms. The summed E-state index contributed by atoms with van der Waals surface area (Å²) in [7, 11) is -4.65. The van der Waals surface area contributed by atoms with E-state index in [1.54, 1.807) is 0 Å². The molecule has 0 aliphatic carbocycles. The fourth-order valence-electron chi connectivity index (χ4n) is 4.05. The number of carboxylic acids is 1. The number of aliphatic carboxylic acids is 1. The number of alkyl halides is 3. The number of fused-ring (bicyclic) bond motifs is 1. The standard InChI is InChI=1S/C25H19ClF5NO5S/c1-13(24(33)34)7-17-12-32(38(35,36)18-4-2-3-15(9-18)25(29,30)31)21-8-14(5-6-22(21)37-17)19-10-16(27)11-20(28)23(19)26/h2-6,8-11,13,17H,7,12H2,1H3,(H,33,34). The normalized spacial score (nSPS) is 16.5. The molecule has 0 saturated heterocycles. The SMILES string of the molecule is CC(CC1CN(S(=O)(=O)c2cccc(C(F)(F)F)c2)c2cc(-c3cc(F)cc(F)c3Cl)ccc2O1)C(=O)O. The summed E-state index contributed by atoms with van der Waals surface area (Å²) in [6, 6.07) is 8.60. The number of hydrogen-bond acceptors (Lipinski definition) is 4. The van der Waals surface area contributed by atoms with E-state index in [0.29, 0.717) is 12.1 Å². The molecule has 202 valence electrons. The van der Waals surface area contributed by atoms with Crippen LogP contribution in [-0.4, -0.2) is 32.1 Å². The zero-order chi connectivity index (χ0) is 28.0. The van der Waals surface area contributed by atoms with Gasteiger partial charge in [-0.1, -0.05) is 30.7 Å². The van der Waals surface area contributed by atoms with Gasteiger partial charge in [0, 0.05) is 11.6 Å². The summed E-state index contributed by atoms with van der Waals surface area (Å²) in [4.78, 5) is 10.7. The second-order valence-electron chi connectivity index (χ2n) is 8.71. The quantitative estimate of drug-likeness (QED) is 0.273. The van der Waals surface area contributed by atoms with Gasteiger partial charge in [-0.05, 0) is 48.4 Å². The van der Waals surface area contributed by atoms with E-state index in [4.69, 9.17) is 16.3 Å². The molecule has 0 radical (unpaired) electrons. The number of ether oxygens (including phenoxy) is 1. The first-order valence-corrected chi connectivity index (χ1v) is 12.9. The summed E-state index contributed by atoms with van der Waals surface area (Å²) in [5, 5.41) is 8.86. The van der Waals surface area contributed by atoms with Gasteiger partial charge in [0.25, 0.3) is 10.0 Å². The summed E-state index contributed by atoms with van der Waals surface area (Å²) in [6.07, 6.45) is -5.87. The van der Waals surface area contributed by atoms with Crippen molar-refractivity contribution in [1.29, 1.82) is 0 Å². The van der Waals surface area contributed by atoms with Crippen LogP contribution in [0.25, 0.3) is 11.1 Å². The molecule has 0 saturated carbocycles. The minimum atomic E-state index is -4.81. The molecule has 4 rings (SSSR count). The number of carbonyl (C=O) groups is 1. The van der Waals surface area contributed by atoms with Gasteiger partial charge in [0.2, 0.25) is 0 Å². The highest BCUT2D eigenvalue weighted by atomic mass is 35.5. The number of halogens is 6. The lowest BCUT2D eigenvalue weighted by Crippen LogP contribution is -2.44. The Morgan fingerprint density at radius 3 is 2.53 bits per heavy atom. The average Bonchev–Trinajstić information content (AvgIpc) is 2.85. The van der Waals surface area contributed by atoms with Gasteiger partial charge in [0.1, 0.15) is 23.5 Å². The molecule has 2 unspecified atom stereocenters. The number of carboxylic acid groups (broad SMARTS) is 1. The minimum absolute atomic E-state index is 0.0221. The number of hydrogen-bond donors (Lipinski definition) is 1. The third-order valence-electron chi connectivity index (χ3n) is 5.98. The van der Waals surface area contributed by atoms with Gasteiger partial charge in [-0.25, -0.2) is 17.2 Å². The molecule has 3 aromatic carbocycles.